The van der Waals surface area contributed by atoms with Crippen molar-refractivity contribution in [2.75, 3.05) is 19.6 Å². The van der Waals surface area contributed by atoms with Gasteiger partial charge in [-0.3, -0.25) is 0 Å². The summed E-state index contributed by atoms with van der Waals surface area (Å²) in [7, 11) is 0. The fourth-order valence-electron chi connectivity index (χ4n) is 4.53. The summed E-state index contributed by atoms with van der Waals surface area (Å²) in [6.07, 6.45) is 2.89. The monoisotopic (exact) mass is 435 g/mol. The maximum atomic E-state index is 12.6. The van der Waals surface area contributed by atoms with E-state index in [4.69, 9.17) is 4.74 Å². The number of fused-ring (bicyclic) bond motifs is 1. The van der Waals surface area contributed by atoms with Gasteiger partial charge >= 0.3 is 6.09 Å². The number of carbonyl (C=O) groups excluding carboxylic acids is 1. The summed E-state index contributed by atoms with van der Waals surface area (Å²) >= 11 is 3.60. The Labute approximate surface area is 172 Å². The maximum Gasteiger partial charge on any atom is 0.408 e. The molecule has 1 aliphatic carbocycles. The molecule has 1 fully saturated rings. The number of amides is 1. The van der Waals surface area contributed by atoms with Gasteiger partial charge in [0.05, 0.1) is 6.04 Å². The van der Waals surface area contributed by atoms with Crippen LogP contribution in [0, 0.1) is 11.3 Å². The first-order valence-electron chi connectivity index (χ1n) is 9.87. The fourth-order valence-corrected chi connectivity index (χ4v) is 4.91. The van der Waals surface area contributed by atoms with Crippen LogP contribution in [0.1, 0.15) is 64.6 Å². The third-order valence-corrected chi connectivity index (χ3v) is 6.12. The summed E-state index contributed by atoms with van der Waals surface area (Å²) in [5.74, 6) is 1.45. The summed E-state index contributed by atoms with van der Waals surface area (Å²) in [5.41, 5.74) is 2.18. The van der Waals surface area contributed by atoms with Gasteiger partial charge in [-0.05, 0) is 82.3 Å². The van der Waals surface area contributed by atoms with Gasteiger partial charge in [-0.25, -0.2) is 4.79 Å². The van der Waals surface area contributed by atoms with E-state index in [0.717, 1.165) is 43.4 Å². The number of hydrogen-bond donors (Lipinski definition) is 1. The maximum absolute atomic E-state index is 12.6. The summed E-state index contributed by atoms with van der Waals surface area (Å²) in [4.78, 5) is 15.1. The number of nitrogens with one attached hydrogen (secondary N) is 1. The van der Waals surface area contributed by atoms with Crippen molar-refractivity contribution >= 4 is 22.0 Å². The van der Waals surface area contributed by atoms with Crippen LogP contribution < -0.4 is 5.32 Å². The van der Waals surface area contributed by atoms with Crippen molar-refractivity contribution in [3.05, 3.63) is 39.7 Å². The first kappa shape index (κ1) is 20.7. The summed E-state index contributed by atoms with van der Waals surface area (Å²) in [6, 6.07) is 6.48. The molecule has 1 aromatic carbocycles. The third-order valence-electron chi connectivity index (χ3n) is 5.63. The summed E-state index contributed by atoms with van der Waals surface area (Å²) in [5, 5.41) is 3.23. The Kier molecular flexibility index (Phi) is 5.93. The Balaban J connectivity index is 1.82. The van der Waals surface area contributed by atoms with Gasteiger partial charge in [-0.15, -0.1) is 0 Å². The minimum atomic E-state index is -0.492. The lowest BCUT2D eigenvalue weighted by atomic mass is 9.72. The van der Waals surface area contributed by atoms with Gasteiger partial charge in [0.1, 0.15) is 5.60 Å². The highest BCUT2D eigenvalue weighted by Crippen LogP contribution is 2.52. The number of piperidine rings is 1. The van der Waals surface area contributed by atoms with E-state index in [1.165, 1.54) is 17.0 Å². The lowest BCUT2D eigenvalue weighted by Gasteiger charge is -2.44. The van der Waals surface area contributed by atoms with E-state index >= 15 is 0 Å². The molecule has 1 unspecified atom stereocenters. The number of nitrogens with zero attached hydrogens (tertiary/aromatic N) is 1. The zero-order valence-electron chi connectivity index (χ0n) is 17.2. The molecule has 1 radical (unpaired) electrons. The first-order valence-corrected chi connectivity index (χ1v) is 10.7. The Hall–Kier alpha value is -1.07. The fraction of sp³-hybridized carbons (Fsp3) is 0.636. The number of carbonyl (C=O) groups is 1. The van der Waals surface area contributed by atoms with Crippen molar-refractivity contribution in [3.63, 3.8) is 0 Å². The Morgan fingerprint density at radius 3 is 2.56 bits per heavy atom. The molecular weight excluding hydrogens is 404 g/mol. The van der Waals surface area contributed by atoms with Gasteiger partial charge in [0, 0.05) is 16.4 Å². The van der Waals surface area contributed by atoms with Crippen molar-refractivity contribution in [1.29, 1.82) is 0 Å². The number of likely N-dealkylation sites (tertiary alicyclic amines) is 1. The van der Waals surface area contributed by atoms with Gasteiger partial charge in [-0.2, -0.15) is 0 Å². The lowest BCUT2D eigenvalue weighted by Crippen LogP contribution is -2.48. The van der Waals surface area contributed by atoms with E-state index in [0.29, 0.717) is 0 Å². The van der Waals surface area contributed by atoms with Gasteiger partial charge in [0.2, 0.25) is 0 Å². The van der Waals surface area contributed by atoms with Crippen molar-refractivity contribution in [2.45, 2.75) is 65.5 Å². The van der Waals surface area contributed by atoms with Crippen LogP contribution in [0.2, 0.25) is 0 Å². The second kappa shape index (κ2) is 7.75. The van der Waals surface area contributed by atoms with Crippen molar-refractivity contribution in [2.24, 2.45) is 5.41 Å². The molecule has 1 aliphatic heterocycles. The summed E-state index contributed by atoms with van der Waals surface area (Å²) in [6.45, 7) is 13.3. The normalized spacial score (nSPS) is 22.1. The van der Waals surface area contributed by atoms with E-state index in [2.05, 4.69) is 58.2 Å². The van der Waals surface area contributed by atoms with Crippen molar-refractivity contribution in [1.82, 2.24) is 10.2 Å². The predicted molar refractivity (Wildman–Crippen MR) is 113 cm³/mol. The highest BCUT2D eigenvalue weighted by atomic mass is 79.9. The molecule has 1 saturated heterocycles. The van der Waals surface area contributed by atoms with Crippen LogP contribution in [0.5, 0.6) is 0 Å². The van der Waals surface area contributed by atoms with E-state index in [1.807, 2.05) is 20.8 Å². The Morgan fingerprint density at radius 1 is 1.30 bits per heavy atom. The number of benzene rings is 1. The molecular formula is C22H32BrN2O2. The molecule has 27 heavy (non-hydrogen) atoms. The van der Waals surface area contributed by atoms with Crippen LogP contribution in [0.25, 0.3) is 0 Å². The molecule has 2 aliphatic rings. The number of ether oxygens (including phenoxy) is 1. The molecule has 4 nitrogen and oxygen atoms in total. The first-order chi connectivity index (χ1) is 12.6. The Morgan fingerprint density at radius 2 is 1.96 bits per heavy atom. The van der Waals surface area contributed by atoms with Crippen LogP contribution in [0.4, 0.5) is 4.79 Å². The minimum Gasteiger partial charge on any atom is -0.444 e. The molecule has 0 saturated carbocycles. The van der Waals surface area contributed by atoms with Gasteiger partial charge in [0.15, 0.2) is 0 Å². The average Bonchev–Trinajstić information content (AvgIpc) is 2.81. The van der Waals surface area contributed by atoms with Crippen LogP contribution in [-0.4, -0.2) is 36.2 Å². The zero-order chi connectivity index (χ0) is 19.8. The van der Waals surface area contributed by atoms with E-state index in [-0.39, 0.29) is 17.6 Å². The molecule has 1 N–H and O–H groups in total. The molecule has 0 aromatic heterocycles. The number of alkyl carbamates (subject to hydrolysis) is 1. The third kappa shape index (κ3) is 4.86. The summed E-state index contributed by atoms with van der Waals surface area (Å²) < 4.78 is 6.64. The second-order valence-corrected chi connectivity index (χ2v) is 10.4. The van der Waals surface area contributed by atoms with E-state index in [1.54, 1.807) is 0 Å². The highest BCUT2D eigenvalue weighted by Gasteiger charge is 2.48. The molecule has 1 aromatic rings. The van der Waals surface area contributed by atoms with Crippen LogP contribution in [0.3, 0.4) is 0 Å². The molecule has 0 bridgehead atoms. The smallest absolute Gasteiger partial charge is 0.408 e. The number of hydrogen-bond acceptors (Lipinski definition) is 3. The van der Waals surface area contributed by atoms with Crippen LogP contribution >= 0.6 is 15.9 Å². The standard InChI is InChI=1S/C22H32BrN2O2/c1-15(2)14-25-10-8-22(9-11-25)13-16-6-7-17(23)12-18(16)19(22)24-20(26)27-21(3,4)5/h6-7,12,19H,8-11,13-14H2,1-5H3,(H,24,26). The predicted octanol–water partition coefficient (Wildman–Crippen LogP) is 5.27. The van der Waals surface area contributed by atoms with Gasteiger partial charge < -0.3 is 15.0 Å². The van der Waals surface area contributed by atoms with E-state index in [9.17, 15) is 4.79 Å². The molecule has 5 heteroatoms. The molecule has 1 heterocycles. The number of rotatable bonds is 3. The lowest BCUT2D eigenvalue weighted by molar-refractivity contribution is 0.0354. The topological polar surface area (TPSA) is 41.6 Å². The second-order valence-electron chi connectivity index (χ2n) is 9.44. The molecule has 1 atom stereocenters. The van der Waals surface area contributed by atoms with Crippen molar-refractivity contribution in [3.8, 4) is 0 Å². The number of halogens is 1. The highest BCUT2D eigenvalue weighted by molar-refractivity contribution is 9.10. The zero-order valence-corrected chi connectivity index (χ0v) is 18.8. The molecule has 1 spiro atoms. The van der Waals surface area contributed by atoms with E-state index < -0.39 is 5.60 Å². The molecule has 1 amide bonds. The largest absolute Gasteiger partial charge is 0.444 e. The quantitative estimate of drug-likeness (QED) is 0.702. The Bertz CT molecular complexity index is 688. The van der Waals surface area contributed by atoms with Gasteiger partial charge in [-0.1, -0.05) is 35.8 Å². The van der Waals surface area contributed by atoms with Crippen molar-refractivity contribution < 1.29 is 9.53 Å². The van der Waals surface area contributed by atoms with Gasteiger partial charge in [0.25, 0.3) is 0 Å². The average molecular weight is 436 g/mol. The van der Waals surface area contributed by atoms with Crippen LogP contribution in [0.15, 0.2) is 22.7 Å². The SMILES string of the molecule is C[C](C)CN1CCC2(CC1)Cc1ccc(Br)cc1C2NC(=O)OC(C)(C)C. The van der Waals surface area contributed by atoms with Crippen LogP contribution in [-0.2, 0) is 11.2 Å². The minimum absolute atomic E-state index is 0.00806. The molecule has 3 rings (SSSR count). The molecule has 149 valence electrons.